The number of nitrogens with zero attached hydrogens (tertiary/aromatic N) is 2. The second-order valence-electron chi connectivity index (χ2n) is 5.48. The summed E-state index contributed by atoms with van der Waals surface area (Å²) < 4.78 is 5.53. The first kappa shape index (κ1) is 18.1. The number of rotatable bonds is 7. The normalized spacial score (nSPS) is 11.0. The van der Waals surface area contributed by atoms with E-state index in [1.54, 1.807) is 0 Å². The number of ether oxygens (including phenoxy) is 1. The zero-order chi connectivity index (χ0) is 18.2. The van der Waals surface area contributed by atoms with Crippen LogP contribution < -0.4 is 21.4 Å². The Morgan fingerprint density at radius 1 is 1.32 bits per heavy atom. The topological polar surface area (TPSA) is 129 Å². The molecule has 0 unspecified atom stereocenters. The molecule has 1 aromatic carbocycles. The first-order chi connectivity index (χ1) is 11.9. The molecule has 1 aromatic heterocycles. The molecule has 1 heterocycles. The molecule has 0 saturated carbocycles. The lowest BCUT2D eigenvalue weighted by molar-refractivity contribution is -0.121. The maximum absolute atomic E-state index is 11.7. The average molecular weight is 345 g/mol. The minimum Gasteiger partial charge on any atom is -0.491 e. The largest absolute Gasteiger partial charge is 0.491 e. The van der Waals surface area contributed by atoms with Crippen molar-refractivity contribution in [1.29, 1.82) is 0 Å². The standard InChI is InChI=1S/C16H19N5O4/c1-10(2)25-12-5-3-11(4-6-12)9-17-20-14(22)8-7-13-15(23)18-16(24)21-19-13/h3-6,9-10H,7-8H2,1-2H3,(H,20,22)(H2,18,21,23,24)/b17-9+. The molecule has 25 heavy (non-hydrogen) atoms. The molecule has 2 aromatic rings. The number of benzene rings is 1. The highest BCUT2D eigenvalue weighted by Crippen LogP contribution is 2.12. The molecule has 0 atom stereocenters. The molecular weight excluding hydrogens is 326 g/mol. The van der Waals surface area contributed by atoms with Gasteiger partial charge in [-0.2, -0.15) is 10.2 Å². The van der Waals surface area contributed by atoms with Crippen LogP contribution in [0.3, 0.4) is 0 Å². The van der Waals surface area contributed by atoms with Crippen molar-refractivity contribution in [3.8, 4) is 5.75 Å². The van der Waals surface area contributed by atoms with Gasteiger partial charge >= 0.3 is 5.69 Å². The van der Waals surface area contributed by atoms with Crippen LogP contribution in [-0.4, -0.2) is 33.4 Å². The van der Waals surface area contributed by atoms with E-state index in [1.165, 1.54) is 6.21 Å². The number of carbonyl (C=O) groups excluding carboxylic acids is 1. The molecule has 0 aliphatic carbocycles. The summed E-state index contributed by atoms with van der Waals surface area (Å²) in [5, 5.41) is 9.56. The van der Waals surface area contributed by atoms with Gasteiger partial charge in [0.25, 0.3) is 5.56 Å². The van der Waals surface area contributed by atoms with Crippen molar-refractivity contribution >= 4 is 12.1 Å². The number of hydrogen-bond donors (Lipinski definition) is 3. The molecule has 0 radical (unpaired) electrons. The maximum atomic E-state index is 11.7. The molecule has 0 spiro atoms. The molecular formula is C16H19N5O4. The van der Waals surface area contributed by atoms with Gasteiger partial charge in [0, 0.05) is 12.8 Å². The second-order valence-corrected chi connectivity index (χ2v) is 5.48. The summed E-state index contributed by atoms with van der Waals surface area (Å²) in [6, 6.07) is 7.27. The predicted molar refractivity (Wildman–Crippen MR) is 91.7 cm³/mol. The summed E-state index contributed by atoms with van der Waals surface area (Å²) >= 11 is 0. The minimum absolute atomic E-state index is 0.0145. The number of carbonyl (C=O) groups is 1. The Morgan fingerprint density at radius 2 is 2.04 bits per heavy atom. The Balaban J connectivity index is 1.81. The smallest absolute Gasteiger partial charge is 0.342 e. The molecule has 0 saturated heterocycles. The molecule has 3 N–H and O–H groups in total. The van der Waals surface area contributed by atoms with Crippen LogP contribution in [0.1, 0.15) is 31.5 Å². The van der Waals surface area contributed by atoms with Gasteiger partial charge in [-0.25, -0.2) is 15.3 Å². The van der Waals surface area contributed by atoms with Crippen LogP contribution in [0.2, 0.25) is 0 Å². The Hall–Kier alpha value is -3.23. The van der Waals surface area contributed by atoms with Crippen molar-refractivity contribution in [3.05, 3.63) is 56.4 Å². The van der Waals surface area contributed by atoms with Crippen LogP contribution in [0.4, 0.5) is 0 Å². The fraction of sp³-hybridized carbons (Fsp3) is 0.312. The van der Waals surface area contributed by atoms with Crippen molar-refractivity contribution in [2.45, 2.75) is 32.8 Å². The van der Waals surface area contributed by atoms with Gasteiger partial charge in [-0.05, 0) is 43.7 Å². The number of aryl methyl sites for hydroxylation is 1. The lowest BCUT2D eigenvalue weighted by atomic mass is 10.2. The number of amides is 1. The third-order valence-corrected chi connectivity index (χ3v) is 3.03. The summed E-state index contributed by atoms with van der Waals surface area (Å²) in [6.07, 6.45) is 1.71. The highest BCUT2D eigenvalue weighted by Gasteiger charge is 2.06. The van der Waals surface area contributed by atoms with Gasteiger partial charge in [0.1, 0.15) is 11.4 Å². The molecule has 9 nitrogen and oxygen atoms in total. The Bertz CT molecular complexity index is 852. The quantitative estimate of drug-likeness (QED) is 0.492. The highest BCUT2D eigenvalue weighted by molar-refractivity contribution is 5.82. The van der Waals surface area contributed by atoms with E-state index in [1.807, 2.05) is 43.1 Å². The van der Waals surface area contributed by atoms with Gasteiger partial charge in [-0.1, -0.05) is 0 Å². The van der Waals surface area contributed by atoms with Crippen LogP contribution in [-0.2, 0) is 11.2 Å². The fourth-order valence-electron chi connectivity index (χ4n) is 1.91. The van der Waals surface area contributed by atoms with Crippen molar-refractivity contribution in [2.75, 3.05) is 0 Å². The first-order valence-electron chi connectivity index (χ1n) is 7.70. The summed E-state index contributed by atoms with van der Waals surface area (Å²) in [5.41, 5.74) is 1.96. The van der Waals surface area contributed by atoms with Crippen LogP contribution in [0.5, 0.6) is 5.75 Å². The van der Waals surface area contributed by atoms with Crippen LogP contribution in [0.15, 0.2) is 39.0 Å². The fourth-order valence-corrected chi connectivity index (χ4v) is 1.91. The summed E-state index contributed by atoms with van der Waals surface area (Å²) in [7, 11) is 0. The van der Waals surface area contributed by atoms with E-state index < -0.39 is 11.2 Å². The summed E-state index contributed by atoms with van der Waals surface area (Å²) in [4.78, 5) is 36.0. The molecule has 1 amide bonds. The lowest BCUT2D eigenvalue weighted by Crippen LogP contribution is -2.28. The van der Waals surface area contributed by atoms with E-state index in [0.29, 0.717) is 0 Å². The van der Waals surface area contributed by atoms with Crippen molar-refractivity contribution in [1.82, 2.24) is 20.6 Å². The van der Waals surface area contributed by atoms with Gasteiger partial charge < -0.3 is 4.74 Å². The maximum Gasteiger partial charge on any atom is 0.342 e. The molecule has 0 bridgehead atoms. The second kappa shape index (κ2) is 8.57. The van der Waals surface area contributed by atoms with E-state index in [4.69, 9.17) is 4.74 Å². The number of nitrogens with one attached hydrogen (secondary N) is 3. The molecule has 0 aliphatic heterocycles. The monoisotopic (exact) mass is 345 g/mol. The Kier molecular flexibility index (Phi) is 6.21. The van der Waals surface area contributed by atoms with E-state index >= 15 is 0 Å². The van der Waals surface area contributed by atoms with Crippen LogP contribution in [0.25, 0.3) is 0 Å². The molecule has 0 fully saturated rings. The number of H-pyrrole nitrogens is 2. The predicted octanol–water partition coefficient (Wildman–Crippen LogP) is 0.328. The lowest BCUT2D eigenvalue weighted by Gasteiger charge is -2.09. The van der Waals surface area contributed by atoms with Crippen molar-refractivity contribution in [3.63, 3.8) is 0 Å². The van der Waals surface area contributed by atoms with Gasteiger partial charge in [-0.15, -0.1) is 0 Å². The molecule has 9 heteroatoms. The number of hydrogen-bond acceptors (Lipinski definition) is 6. The number of aromatic nitrogens is 3. The summed E-state index contributed by atoms with van der Waals surface area (Å²) in [5.74, 6) is 0.387. The van der Waals surface area contributed by atoms with Gasteiger partial charge in [0.15, 0.2) is 0 Å². The highest BCUT2D eigenvalue weighted by atomic mass is 16.5. The molecule has 0 aliphatic rings. The Labute approximate surface area is 143 Å². The molecule has 2 rings (SSSR count). The molecule has 132 valence electrons. The van der Waals surface area contributed by atoms with Crippen molar-refractivity contribution in [2.24, 2.45) is 5.10 Å². The van der Waals surface area contributed by atoms with E-state index in [2.05, 4.69) is 20.7 Å². The summed E-state index contributed by atoms with van der Waals surface area (Å²) in [6.45, 7) is 3.89. The average Bonchev–Trinajstić information content (AvgIpc) is 2.55. The van der Waals surface area contributed by atoms with E-state index in [0.717, 1.165) is 11.3 Å². The third kappa shape index (κ3) is 6.05. The third-order valence-electron chi connectivity index (χ3n) is 3.03. The zero-order valence-corrected chi connectivity index (χ0v) is 13.9. The van der Waals surface area contributed by atoms with Crippen LogP contribution >= 0.6 is 0 Å². The van der Waals surface area contributed by atoms with E-state index in [-0.39, 0.29) is 30.5 Å². The van der Waals surface area contributed by atoms with Gasteiger partial charge in [0.05, 0.1) is 12.3 Å². The SMILES string of the molecule is CC(C)Oc1ccc(/C=N/NC(=O)CCc2n[nH]c(=O)[nH]c2=O)cc1. The van der Waals surface area contributed by atoms with Crippen LogP contribution in [0, 0.1) is 0 Å². The van der Waals surface area contributed by atoms with Gasteiger partial charge in [0.2, 0.25) is 5.91 Å². The van der Waals surface area contributed by atoms with Crippen molar-refractivity contribution < 1.29 is 9.53 Å². The number of aromatic amines is 2. The van der Waals surface area contributed by atoms with E-state index in [9.17, 15) is 14.4 Å². The minimum atomic E-state index is -0.687. The first-order valence-corrected chi connectivity index (χ1v) is 7.70. The zero-order valence-electron chi connectivity index (χ0n) is 13.9. The Morgan fingerprint density at radius 3 is 2.68 bits per heavy atom. The van der Waals surface area contributed by atoms with Gasteiger partial charge in [-0.3, -0.25) is 14.6 Å². The number of hydrazone groups is 1.